The van der Waals surface area contributed by atoms with E-state index in [0.717, 1.165) is 5.56 Å². The third-order valence-corrected chi connectivity index (χ3v) is 4.30. The quantitative estimate of drug-likeness (QED) is 0.864. The molecule has 2 atom stereocenters. The monoisotopic (exact) mass is 261 g/mol. The van der Waals surface area contributed by atoms with Gasteiger partial charge in [-0.2, -0.15) is 0 Å². The third kappa shape index (κ3) is 3.19. The fourth-order valence-electron chi connectivity index (χ4n) is 2.00. The molecule has 0 aliphatic carbocycles. The molecule has 2 nitrogen and oxygen atoms in total. The second-order valence-corrected chi connectivity index (χ2v) is 5.47. The highest BCUT2D eigenvalue weighted by atomic mass is 32.1. The SMILES string of the molecule is Cc1ccsc1C(C)NCC(O)c1ccccc1. The zero-order valence-electron chi connectivity index (χ0n) is 10.8. The maximum Gasteiger partial charge on any atom is 0.0914 e. The number of aryl methyl sites for hydroxylation is 1. The highest BCUT2D eigenvalue weighted by molar-refractivity contribution is 7.10. The molecule has 3 heteroatoms. The van der Waals surface area contributed by atoms with Gasteiger partial charge in [0.2, 0.25) is 0 Å². The Morgan fingerprint density at radius 1 is 1.22 bits per heavy atom. The standard InChI is InChI=1S/C15H19NOS/c1-11-8-9-18-15(11)12(2)16-10-14(17)13-6-4-3-5-7-13/h3-9,12,14,16-17H,10H2,1-2H3. The molecule has 2 N–H and O–H groups in total. The van der Waals surface area contributed by atoms with Gasteiger partial charge in [-0.1, -0.05) is 30.3 Å². The highest BCUT2D eigenvalue weighted by Crippen LogP contribution is 2.23. The molecule has 0 fully saturated rings. The van der Waals surface area contributed by atoms with E-state index in [1.165, 1.54) is 10.4 Å². The van der Waals surface area contributed by atoms with E-state index < -0.39 is 6.10 Å². The summed E-state index contributed by atoms with van der Waals surface area (Å²) in [6.07, 6.45) is -0.450. The molecule has 0 bridgehead atoms. The average Bonchev–Trinajstić information content (AvgIpc) is 2.83. The molecular weight excluding hydrogens is 242 g/mol. The summed E-state index contributed by atoms with van der Waals surface area (Å²) in [5, 5.41) is 15.6. The van der Waals surface area contributed by atoms with Crippen LogP contribution in [0.2, 0.25) is 0 Å². The first-order chi connectivity index (χ1) is 8.68. The first-order valence-electron chi connectivity index (χ1n) is 6.19. The van der Waals surface area contributed by atoms with Gasteiger partial charge in [-0.25, -0.2) is 0 Å². The van der Waals surface area contributed by atoms with Crippen molar-refractivity contribution < 1.29 is 5.11 Å². The molecule has 0 aliphatic rings. The molecule has 0 spiro atoms. The minimum Gasteiger partial charge on any atom is -0.387 e. The normalized spacial score (nSPS) is 14.4. The largest absolute Gasteiger partial charge is 0.387 e. The second kappa shape index (κ2) is 6.14. The Labute approximate surface area is 112 Å². The third-order valence-electron chi connectivity index (χ3n) is 3.10. The van der Waals surface area contributed by atoms with Gasteiger partial charge in [0, 0.05) is 17.5 Å². The van der Waals surface area contributed by atoms with Crippen LogP contribution < -0.4 is 5.32 Å². The van der Waals surface area contributed by atoms with Gasteiger partial charge in [0.25, 0.3) is 0 Å². The Bertz CT molecular complexity index is 480. The van der Waals surface area contributed by atoms with Crippen molar-refractivity contribution >= 4 is 11.3 Å². The molecule has 2 unspecified atom stereocenters. The molecule has 1 aromatic heterocycles. The van der Waals surface area contributed by atoms with Crippen LogP contribution in [0.15, 0.2) is 41.8 Å². The lowest BCUT2D eigenvalue weighted by molar-refractivity contribution is 0.171. The Kier molecular flexibility index (Phi) is 4.53. The van der Waals surface area contributed by atoms with Crippen LogP contribution in [-0.2, 0) is 0 Å². The summed E-state index contributed by atoms with van der Waals surface area (Å²) in [5.41, 5.74) is 2.27. The summed E-state index contributed by atoms with van der Waals surface area (Å²) in [6.45, 7) is 4.83. The van der Waals surface area contributed by atoms with E-state index >= 15 is 0 Å². The number of hydrogen-bond donors (Lipinski definition) is 2. The van der Waals surface area contributed by atoms with E-state index in [4.69, 9.17) is 0 Å². The maximum absolute atomic E-state index is 10.1. The van der Waals surface area contributed by atoms with E-state index in [1.807, 2.05) is 30.3 Å². The van der Waals surface area contributed by atoms with Crippen LogP contribution in [-0.4, -0.2) is 11.7 Å². The highest BCUT2D eigenvalue weighted by Gasteiger charge is 2.12. The summed E-state index contributed by atoms with van der Waals surface area (Å²) < 4.78 is 0. The van der Waals surface area contributed by atoms with Crippen molar-refractivity contribution in [2.75, 3.05) is 6.54 Å². The topological polar surface area (TPSA) is 32.3 Å². The van der Waals surface area contributed by atoms with Crippen LogP contribution >= 0.6 is 11.3 Å². The van der Waals surface area contributed by atoms with Gasteiger partial charge in [-0.3, -0.25) is 0 Å². The molecule has 0 aliphatic heterocycles. The van der Waals surface area contributed by atoms with Crippen molar-refractivity contribution in [3.8, 4) is 0 Å². The molecule has 1 heterocycles. The zero-order chi connectivity index (χ0) is 13.0. The first kappa shape index (κ1) is 13.3. The number of nitrogens with one attached hydrogen (secondary N) is 1. The lowest BCUT2D eigenvalue weighted by atomic mass is 10.1. The van der Waals surface area contributed by atoms with Crippen LogP contribution in [0.5, 0.6) is 0 Å². The predicted molar refractivity (Wildman–Crippen MR) is 76.9 cm³/mol. The van der Waals surface area contributed by atoms with Crippen LogP contribution in [0, 0.1) is 6.92 Å². The predicted octanol–water partition coefficient (Wildman–Crippen LogP) is 3.44. The lowest BCUT2D eigenvalue weighted by Crippen LogP contribution is -2.24. The first-order valence-corrected chi connectivity index (χ1v) is 7.07. The number of thiophene rings is 1. The molecule has 0 radical (unpaired) electrons. The van der Waals surface area contributed by atoms with Crippen LogP contribution in [0.4, 0.5) is 0 Å². The van der Waals surface area contributed by atoms with Gasteiger partial charge in [0.15, 0.2) is 0 Å². The summed E-state index contributed by atoms with van der Waals surface area (Å²) in [4.78, 5) is 1.34. The Hall–Kier alpha value is -1.16. The minimum atomic E-state index is -0.450. The van der Waals surface area contributed by atoms with Gasteiger partial charge < -0.3 is 10.4 Å². The lowest BCUT2D eigenvalue weighted by Gasteiger charge is -2.17. The van der Waals surface area contributed by atoms with Crippen LogP contribution in [0.1, 0.15) is 35.1 Å². The number of aliphatic hydroxyl groups excluding tert-OH is 1. The van der Waals surface area contributed by atoms with E-state index in [1.54, 1.807) is 11.3 Å². The molecule has 0 saturated heterocycles. The van der Waals surface area contributed by atoms with E-state index in [9.17, 15) is 5.11 Å². The number of hydrogen-bond acceptors (Lipinski definition) is 3. The number of rotatable bonds is 5. The van der Waals surface area contributed by atoms with Gasteiger partial charge in [0.1, 0.15) is 0 Å². The second-order valence-electron chi connectivity index (χ2n) is 4.52. The van der Waals surface area contributed by atoms with E-state index in [0.29, 0.717) is 6.54 Å². The van der Waals surface area contributed by atoms with E-state index in [-0.39, 0.29) is 6.04 Å². The fraction of sp³-hybridized carbons (Fsp3) is 0.333. The van der Waals surface area contributed by atoms with Gasteiger partial charge in [-0.15, -0.1) is 11.3 Å². The Morgan fingerprint density at radius 3 is 2.56 bits per heavy atom. The average molecular weight is 261 g/mol. The molecule has 0 saturated carbocycles. The summed E-state index contributed by atoms with van der Waals surface area (Å²) >= 11 is 1.76. The summed E-state index contributed by atoms with van der Waals surface area (Å²) in [7, 11) is 0. The Morgan fingerprint density at radius 2 is 1.94 bits per heavy atom. The van der Waals surface area contributed by atoms with Crippen molar-refractivity contribution in [3.05, 3.63) is 57.8 Å². The van der Waals surface area contributed by atoms with Crippen molar-refractivity contribution in [3.63, 3.8) is 0 Å². The minimum absolute atomic E-state index is 0.281. The number of benzene rings is 1. The van der Waals surface area contributed by atoms with Gasteiger partial charge in [0.05, 0.1) is 6.10 Å². The molecule has 2 aromatic rings. The summed E-state index contributed by atoms with van der Waals surface area (Å²) in [5.74, 6) is 0. The molecule has 18 heavy (non-hydrogen) atoms. The van der Waals surface area contributed by atoms with Crippen molar-refractivity contribution in [2.45, 2.75) is 26.0 Å². The molecule has 0 amide bonds. The van der Waals surface area contributed by atoms with Crippen LogP contribution in [0.3, 0.4) is 0 Å². The van der Waals surface area contributed by atoms with Crippen LogP contribution in [0.25, 0.3) is 0 Å². The fourth-order valence-corrected chi connectivity index (χ4v) is 2.96. The zero-order valence-corrected chi connectivity index (χ0v) is 11.6. The molecular formula is C15H19NOS. The van der Waals surface area contributed by atoms with Gasteiger partial charge in [-0.05, 0) is 36.4 Å². The van der Waals surface area contributed by atoms with Crippen molar-refractivity contribution in [2.24, 2.45) is 0 Å². The number of aliphatic hydroxyl groups is 1. The van der Waals surface area contributed by atoms with E-state index in [2.05, 4.69) is 30.6 Å². The summed E-state index contributed by atoms with van der Waals surface area (Å²) in [6, 6.07) is 12.2. The maximum atomic E-state index is 10.1. The van der Waals surface area contributed by atoms with Crippen molar-refractivity contribution in [1.29, 1.82) is 0 Å². The molecule has 1 aromatic carbocycles. The molecule has 96 valence electrons. The van der Waals surface area contributed by atoms with Crippen molar-refractivity contribution in [1.82, 2.24) is 5.32 Å². The van der Waals surface area contributed by atoms with Gasteiger partial charge >= 0.3 is 0 Å². The smallest absolute Gasteiger partial charge is 0.0914 e. The Balaban J connectivity index is 1.90. The molecule has 2 rings (SSSR count).